The molecule has 0 saturated heterocycles. The molecule has 2 aromatic heterocycles. The van der Waals surface area contributed by atoms with Crippen LogP contribution in [0.15, 0.2) is 71.9 Å². The van der Waals surface area contributed by atoms with Gasteiger partial charge in [0.1, 0.15) is 28.6 Å². The molecule has 214 valence electrons. The van der Waals surface area contributed by atoms with Crippen LogP contribution in [0.4, 0.5) is 19.4 Å². The smallest absolute Gasteiger partial charge is 0.416 e. The molecule has 0 aliphatic carbocycles. The van der Waals surface area contributed by atoms with E-state index < -0.39 is 46.9 Å². The minimum Gasteiger partial charge on any atom is -0.480 e. The molecule has 3 aromatic rings. The van der Waals surface area contributed by atoms with Crippen molar-refractivity contribution in [1.29, 1.82) is 0 Å². The Labute approximate surface area is 229 Å². The summed E-state index contributed by atoms with van der Waals surface area (Å²) in [6, 6.07) is 11.8. The van der Waals surface area contributed by atoms with Crippen LogP contribution >= 0.6 is 0 Å². The number of nitrogens with zero attached hydrogens (tertiary/aromatic N) is 3. The van der Waals surface area contributed by atoms with E-state index in [-0.39, 0.29) is 28.6 Å². The first-order chi connectivity index (χ1) is 18.7. The minimum atomic E-state index is -4.12. The summed E-state index contributed by atoms with van der Waals surface area (Å²) in [5.41, 5.74) is -0.230. The van der Waals surface area contributed by atoms with E-state index in [2.05, 4.69) is 19.4 Å². The topological polar surface area (TPSA) is 148 Å². The number of halogens is 2. The average Bonchev–Trinajstić information content (AvgIpc) is 2.87. The van der Waals surface area contributed by atoms with Crippen molar-refractivity contribution in [3.63, 3.8) is 0 Å². The van der Waals surface area contributed by atoms with Crippen LogP contribution in [0.25, 0.3) is 0 Å². The largest absolute Gasteiger partial charge is 0.480 e. The lowest BCUT2D eigenvalue weighted by Gasteiger charge is -2.26. The van der Waals surface area contributed by atoms with Gasteiger partial charge in [-0.25, -0.2) is 22.9 Å². The van der Waals surface area contributed by atoms with Crippen molar-refractivity contribution in [3.05, 3.63) is 78.2 Å². The number of aliphatic carboxylic acids is 1. The molecule has 0 fully saturated rings. The van der Waals surface area contributed by atoms with E-state index in [9.17, 15) is 31.9 Å². The second-order valence-electron chi connectivity index (χ2n) is 9.47. The standard InChI is InChI=1S/C26H28F2N4O7S/c1-26(2,3)39-25(35)32(16-23(33)34)22-8-4-7-20(30-22)21(31-40(36,37)19-6-5-13-29-15-19)14-17-9-11-18(12-10-17)38-24(27)28/h4-13,15,21,24,31H,14,16H2,1-3H3,(H,33,34). The Morgan fingerprint density at radius 1 is 1.07 bits per heavy atom. The summed E-state index contributed by atoms with van der Waals surface area (Å²) in [5.74, 6) is -1.48. The van der Waals surface area contributed by atoms with E-state index in [1.165, 1.54) is 60.8 Å². The zero-order valence-corrected chi connectivity index (χ0v) is 22.6. The van der Waals surface area contributed by atoms with Crippen LogP contribution in [-0.2, 0) is 26.0 Å². The molecule has 0 spiro atoms. The normalized spacial score (nSPS) is 12.6. The highest BCUT2D eigenvalue weighted by Crippen LogP contribution is 2.25. The van der Waals surface area contributed by atoms with Crippen LogP contribution in [0.3, 0.4) is 0 Å². The first-order valence-corrected chi connectivity index (χ1v) is 13.4. The number of alkyl halides is 2. The number of pyridine rings is 2. The third kappa shape index (κ3) is 8.95. The second kappa shape index (κ2) is 12.8. The van der Waals surface area contributed by atoms with E-state index >= 15 is 0 Å². The molecule has 0 radical (unpaired) electrons. The van der Waals surface area contributed by atoms with Crippen molar-refractivity contribution in [2.24, 2.45) is 0 Å². The molecule has 0 saturated carbocycles. The van der Waals surface area contributed by atoms with Crippen molar-refractivity contribution < 1.29 is 41.4 Å². The fourth-order valence-electron chi connectivity index (χ4n) is 3.49. The number of sulfonamides is 1. The molecule has 14 heteroatoms. The molecule has 0 aliphatic rings. The number of carboxylic acids is 1. The summed E-state index contributed by atoms with van der Waals surface area (Å²) in [7, 11) is -4.12. The van der Waals surface area contributed by atoms with Gasteiger partial charge >= 0.3 is 18.7 Å². The van der Waals surface area contributed by atoms with E-state index in [4.69, 9.17) is 4.74 Å². The Morgan fingerprint density at radius 2 is 1.77 bits per heavy atom. The number of carboxylic acid groups (broad SMARTS) is 1. The fraction of sp³-hybridized carbons (Fsp3) is 0.308. The van der Waals surface area contributed by atoms with E-state index in [1.54, 1.807) is 20.8 Å². The van der Waals surface area contributed by atoms with Crippen molar-refractivity contribution in [1.82, 2.24) is 14.7 Å². The molecule has 0 aliphatic heterocycles. The molecule has 0 bridgehead atoms. The van der Waals surface area contributed by atoms with Crippen molar-refractivity contribution in [3.8, 4) is 5.75 Å². The number of ether oxygens (including phenoxy) is 2. The highest BCUT2D eigenvalue weighted by molar-refractivity contribution is 7.89. The van der Waals surface area contributed by atoms with Gasteiger partial charge in [-0.2, -0.15) is 8.78 Å². The quantitative estimate of drug-likeness (QED) is 0.342. The predicted molar refractivity (Wildman–Crippen MR) is 140 cm³/mol. The molecule has 3 rings (SSSR count). The van der Waals surface area contributed by atoms with Gasteiger partial charge in [-0.1, -0.05) is 18.2 Å². The van der Waals surface area contributed by atoms with Gasteiger partial charge in [-0.05, 0) is 69.2 Å². The van der Waals surface area contributed by atoms with Gasteiger partial charge in [0.25, 0.3) is 0 Å². The summed E-state index contributed by atoms with van der Waals surface area (Å²) < 4.78 is 63.7. The summed E-state index contributed by atoms with van der Waals surface area (Å²) in [6.45, 7) is 1.09. The number of aromatic nitrogens is 2. The van der Waals surface area contributed by atoms with Crippen LogP contribution in [0.1, 0.15) is 38.1 Å². The Balaban J connectivity index is 2.01. The third-order valence-electron chi connectivity index (χ3n) is 5.13. The first-order valence-electron chi connectivity index (χ1n) is 11.9. The maximum atomic E-state index is 13.2. The third-order valence-corrected chi connectivity index (χ3v) is 6.58. The predicted octanol–water partition coefficient (Wildman–Crippen LogP) is 4.17. The number of amides is 1. The number of nitrogens with one attached hydrogen (secondary N) is 1. The highest BCUT2D eigenvalue weighted by atomic mass is 32.2. The lowest BCUT2D eigenvalue weighted by atomic mass is 10.0. The number of hydrogen-bond donors (Lipinski definition) is 2. The fourth-order valence-corrected chi connectivity index (χ4v) is 4.66. The molecule has 40 heavy (non-hydrogen) atoms. The van der Waals surface area contributed by atoms with Crippen LogP contribution in [0.2, 0.25) is 0 Å². The van der Waals surface area contributed by atoms with Gasteiger partial charge in [0.2, 0.25) is 10.0 Å². The molecular weight excluding hydrogens is 550 g/mol. The highest BCUT2D eigenvalue weighted by Gasteiger charge is 2.28. The molecule has 1 atom stereocenters. The molecule has 1 unspecified atom stereocenters. The number of benzene rings is 1. The van der Waals surface area contributed by atoms with Crippen LogP contribution < -0.4 is 14.4 Å². The van der Waals surface area contributed by atoms with E-state index in [0.29, 0.717) is 5.56 Å². The molecule has 1 aromatic carbocycles. The molecule has 1 amide bonds. The van der Waals surface area contributed by atoms with Gasteiger partial charge in [0, 0.05) is 12.4 Å². The number of hydrogen-bond acceptors (Lipinski definition) is 8. The van der Waals surface area contributed by atoms with Crippen LogP contribution in [0.5, 0.6) is 5.75 Å². The maximum absolute atomic E-state index is 13.2. The number of carbonyl (C=O) groups excluding carboxylic acids is 1. The Kier molecular flexibility index (Phi) is 9.71. The summed E-state index contributed by atoms with van der Waals surface area (Å²) in [6.07, 6.45) is 1.63. The summed E-state index contributed by atoms with van der Waals surface area (Å²) in [4.78, 5) is 33.3. The zero-order chi connectivity index (χ0) is 29.5. The number of rotatable bonds is 11. The summed E-state index contributed by atoms with van der Waals surface area (Å²) >= 11 is 0. The van der Waals surface area contributed by atoms with Crippen molar-refractivity contribution in [2.45, 2.75) is 50.3 Å². The number of carbonyl (C=O) groups is 2. The van der Waals surface area contributed by atoms with Gasteiger partial charge in [-0.3, -0.25) is 14.7 Å². The van der Waals surface area contributed by atoms with Crippen LogP contribution in [0, 0.1) is 0 Å². The van der Waals surface area contributed by atoms with Gasteiger partial charge < -0.3 is 14.6 Å². The Hall–Kier alpha value is -4.17. The minimum absolute atomic E-state index is 0.0102. The Bertz CT molecular complexity index is 1420. The molecular formula is C26H28F2N4O7S. The van der Waals surface area contributed by atoms with E-state index in [0.717, 1.165) is 11.1 Å². The molecule has 11 nitrogen and oxygen atoms in total. The van der Waals surface area contributed by atoms with Gasteiger partial charge in [0.05, 0.1) is 11.7 Å². The van der Waals surface area contributed by atoms with Crippen molar-refractivity contribution in [2.75, 3.05) is 11.4 Å². The van der Waals surface area contributed by atoms with Gasteiger partial charge in [0.15, 0.2) is 0 Å². The number of anilines is 1. The van der Waals surface area contributed by atoms with Crippen molar-refractivity contribution >= 4 is 27.9 Å². The zero-order valence-electron chi connectivity index (χ0n) is 21.8. The van der Waals surface area contributed by atoms with E-state index in [1.807, 2.05) is 0 Å². The van der Waals surface area contributed by atoms with Crippen LogP contribution in [-0.4, -0.2) is 54.3 Å². The Morgan fingerprint density at radius 3 is 2.35 bits per heavy atom. The lowest BCUT2D eigenvalue weighted by molar-refractivity contribution is -0.135. The molecule has 2 N–H and O–H groups in total. The maximum Gasteiger partial charge on any atom is 0.416 e. The monoisotopic (exact) mass is 578 g/mol. The van der Waals surface area contributed by atoms with Gasteiger partial charge in [-0.15, -0.1) is 0 Å². The average molecular weight is 579 g/mol. The lowest BCUT2D eigenvalue weighted by Crippen LogP contribution is -2.40. The second-order valence-corrected chi connectivity index (χ2v) is 11.2. The first kappa shape index (κ1) is 30.4. The SMILES string of the molecule is CC(C)(C)OC(=O)N(CC(=O)O)c1cccc(C(Cc2ccc(OC(F)F)cc2)NS(=O)(=O)c2cccnc2)n1. The molecule has 2 heterocycles. The summed E-state index contributed by atoms with van der Waals surface area (Å²) in [5, 5.41) is 9.39.